The number of anilines is 1. The van der Waals surface area contributed by atoms with Gasteiger partial charge in [-0.15, -0.1) is 13.2 Å². The number of carbonyl (C=O) groups is 2. The van der Waals surface area contributed by atoms with Crippen LogP contribution in [0.15, 0.2) is 49.6 Å². The van der Waals surface area contributed by atoms with E-state index in [2.05, 4.69) is 13.2 Å². The first-order chi connectivity index (χ1) is 10.1. The van der Waals surface area contributed by atoms with E-state index in [1.807, 2.05) is 43.3 Å². The third kappa shape index (κ3) is 1.88. The number of rotatable bonds is 3. The van der Waals surface area contributed by atoms with Gasteiger partial charge in [0, 0.05) is 0 Å². The van der Waals surface area contributed by atoms with Gasteiger partial charge in [0.25, 0.3) is 0 Å². The molecule has 108 valence electrons. The van der Waals surface area contributed by atoms with Crippen LogP contribution >= 0.6 is 0 Å². The standard InChI is InChI=1S/C18H19NO2/c1-4-12-10-13(5-2)16-15(12)17(20)19(18(16)21)14-9-7-6-8-11(14)3/h4-9,12-13,15-16H,1-2,10H2,3H3. The molecule has 1 aromatic carbocycles. The summed E-state index contributed by atoms with van der Waals surface area (Å²) >= 11 is 0. The molecule has 1 saturated carbocycles. The summed E-state index contributed by atoms with van der Waals surface area (Å²) in [5, 5.41) is 0. The molecule has 4 unspecified atom stereocenters. The van der Waals surface area contributed by atoms with Crippen LogP contribution in [0.5, 0.6) is 0 Å². The van der Waals surface area contributed by atoms with Crippen LogP contribution in [0.3, 0.4) is 0 Å². The fourth-order valence-corrected chi connectivity index (χ4v) is 3.76. The monoisotopic (exact) mass is 281 g/mol. The summed E-state index contributed by atoms with van der Waals surface area (Å²) in [5.41, 5.74) is 1.64. The molecular formula is C18H19NO2. The first kappa shape index (κ1) is 13.8. The van der Waals surface area contributed by atoms with Gasteiger partial charge in [-0.1, -0.05) is 30.4 Å². The lowest BCUT2D eigenvalue weighted by Crippen LogP contribution is -2.33. The second-order valence-corrected chi connectivity index (χ2v) is 5.88. The lowest BCUT2D eigenvalue weighted by atomic mass is 9.89. The highest BCUT2D eigenvalue weighted by Crippen LogP contribution is 2.49. The van der Waals surface area contributed by atoms with Crippen LogP contribution in [0.1, 0.15) is 12.0 Å². The molecule has 1 saturated heterocycles. The molecule has 2 aliphatic rings. The molecule has 0 spiro atoms. The topological polar surface area (TPSA) is 37.4 Å². The Labute approximate surface area is 125 Å². The van der Waals surface area contributed by atoms with E-state index in [4.69, 9.17) is 0 Å². The minimum absolute atomic E-state index is 0.0588. The second-order valence-electron chi connectivity index (χ2n) is 5.88. The van der Waals surface area contributed by atoms with Gasteiger partial charge in [0.1, 0.15) is 0 Å². The maximum atomic E-state index is 12.8. The van der Waals surface area contributed by atoms with Gasteiger partial charge in [-0.3, -0.25) is 9.59 Å². The van der Waals surface area contributed by atoms with Crippen molar-refractivity contribution < 1.29 is 9.59 Å². The van der Waals surface area contributed by atoms with Gasteiger partial charge >= 0.3 is 0 Å². The number of allylic oxidation sites excluding steroid dienone is 2. The van der Waals surface area contributed by atoms with Crippen molar-refractivity contribution in [1.29, 1.82) is 0 Å². The van der Waals surface area contributed by atoms with Crippen LogP contribution in [-0.2, 0) is 9.59 Å². The molecule has 0 N–H and O–H groups in total. The van der Waals surface area contributed by atoms with Crippen LogP contribution in [0.4, 0.5) is 5.69 Å². The number of aryl methyl sites for hydroxylation is 1. The van der Waals surface area contributed by atoms with Crippen LogP contribution in [0.25, 0.3) is 0 Å². The average Bonchev–Trinajstić information content (AvgIpc) is 2.98. The molecule has 3 nitrogen and oxygen atoms in total. The third-order valence-corrected chi connectivity index (χ3v) is 4.83. The Bertz CT molecular complexity index is 602. The summed E-state index contributed by atoms with van der Waals surface area (Å²) in [4.78, 5) is 27.0. The number of imide groups is 1. The second kappa shape index (κ2) is 4.99. The van der Waals surface area contributed by atoms with Crippen molar-refractivity contribution in [2.24, 2.45) is 23.7 Å². The van der Waals surface area contributed by atoms with Crippen molar-refractivity contribution in [3.63, 3.8) is 0 Å². The van der Waals surface area contributed by atoms with E-state index in [0.29, 0.717) is 5.69 Å². The van der Waals surface area contributed by atoms with Crippen molar-refractivity contribution in [1.82, 2.24) is 0 Å². The highest BCUT2D eigenvalue weighted by Gasteiger charge is 2.57. The first-order valence-corrected chi connectivity index (χ1v) is 7.28. The Hall–Kier alpha value is -2.16. The number of amides is 2. The van der Waals surface area contributed by atoms with E-state index in [0.717, 1.165) is 12.0 Å². The molecule has 1 aliphatic carbocycles. The number of nitrogens with zero attached hydrogens (tertiary/aromatic N) is 1. The van der Waals surface area contributed by atoms with Gasteiger partial charge in [0.15, 0.2) is 0 Å². The molecule has 21 heavy (non-hydrogen) atoms. The molecule has 1 heterocycles. The summed E-state index contributed by atoms with van der Waals surface area (Å²) in [6.45, 7) is 9.58. The third-order valence-electron chi connectivity index (χ3n) is 4.83. The summed E-state index contributed by atoms with van der Waals surface area (Å²) in [7, 11) is 0. The summed E-state index contributed by atoms with van der Waals surface area (Å²) in [6.07, 6.45) is 4.42. The molecular weight excluding hydrogens is 262 g/mol. The molecule has 3 rings (SSSR count). The molecule has 2 amide bonds. The lowest BCUT2D eigenvalue weighted by Gasteiger charge is -2.20. The Kier molecular flexibility index (Phi) is 3.28. The Morgan fingerprint density at radius 1 is 1.05 bits per heavy atom. The van der Waals surface area contributed by atoms with E-state index in [-0.39, 0.29) is 35.5 Å². The maximum absolute atomic E-state index is 12.8. The molecule has 2 fully saturated rings. The molecule has 4 atom stereocenters. The lowest BCUT2D eigenvalue weighted by molar-refractivity contribution is -0.123. The van der Waals surface area contributed by atoms with Crippen molar-refractivity contribution in [3.8, 4) is 0 Å². The predicted octanol–water partition coefficient (Wildman–Crippen LogP) is 3.11. The van der Waals surface area contributed by atoms with Gasteiger partial charge in [-0.25, -0.2) is 4.90 Å². The SMILES string of the molecule is C=CC1CC(C=C)C2C(=O)N(c3ccccc3C)C(=O)C12. The molecule has 1 aromatic rings. The quantitative estimate of drug-likeness (QED) is 0.630. The Balaban J connectivity index is 2.05. The predicted molar refractivity (Wildman–Crippen MR) is 82.6 cm³/mol. The number of hydrogen-bond donors (Lipinski definition) is 0. The number of hydrogen-bond acceptors (Lipinski definition) is 2. The molecule has 0 radical (unpaired) electrons. The Morgan fingerprint density at radius 3 is 2.05 bits per heavy atom. The van der Waals surface area contributed by atoms with Gasteiger partial charge in [-0.05, 0) is 36.8 Å². The number of para-hydroxylation sites is 1. The number of benzene rings is 1. The van der Waals surface area contributed by atoms with E-state index in [1.165, 1.54) is 4.90 Å². The maximum Gasteiger partial charge on any atom is 0.238 e. The number of fused-ring (bicyclic) bond motifs is 1. The van der Waals surface area contributed by atoms with Gasteiger partial charge in [0.2, 0.25) is 11.8 Å². The molecule has 1 aliphatic heterocycles. The molecule has 3 heteroatoms. The zero-order valence-electron chi connectivity index (χ0n) is 12.2. The van der Waals surface area contributed by atoms with Crippen LogP contribution in [-0.4, -0.2) is 11.8 Å². The van der Waals surface area contributed by atoms with Crippen molar-refractivity contribution in [2.45, 2.75) is 13.3 Å². The highest BCUT2D eigenvalue weighted by atomic mass is 16.2. The van der Waals surface area contributed by atoms with E-state index in [1.54, 1.807) is 0 Å². The van der Waals surface area contributed by atoms with Crippen LogP contribution < -0.4 is 4.90 Å². The Morgan fingerprint density at radius 2 is 1.57 bits per heavy atom. The smallest absolute Gasteiger partial charge is 0.238 e. The van der Waals surface area contributed by atoms with Crippen molar-refractivity contribution in [3.05, 3.63) is 55.1 Å². The molecule has 0 aromatic heterocycles. The summed E-state index contributed by atoms with van der Waals surface area (Å²) < 4.78 is 0. The van der Waals surface area contributed by atoms with Gasteiger partial charge in [-0.2, -0.15) is 0 Å². The summed E-state index contributed by atoms with van der Waals surface area (Å²) in [5.74, 6) is -0.621. The summed E-state index contributed by atoms with van der Waals surface area (Å²) in [6, 6.07) is 7.51. The average molecular weight is 281 g/mol. The van der Waals surface area contributed by atoms with E-state index in [9.17, 15) is 9.59 Å². The van der Waals surface area contributed by atoms with Crippen LogP contribution in [0, 0.1) is 30.6 Å². The van der Waals surface area contributed by atoms with E-state index >= 15 is 0 Å². The zero-order chi connectivity index (χ0) is 15.1. The van der Waals surface area contributed by atoms with Crippen molar-refractivity contribution >= 4 is 17.5 Å². The van der Waals surface area contributed by atoms with Gasteiger partial charge in [0.05, 0.1) is 17.5 Å². The highest BCUT2D eigenvalue weighted by molar-refractivity contribution is 6.23. The van der Waals surface area contributed by atoms with Crippen LogP contribution in [0.2, 0.25) is 0 Å². The fourth-order valence-electron chi connectivity index (χ4n) is 3.76. The molecule has 0 bridgehead atoms. The minimum atomic E-state index is -0.280. The minimum Gasteiger partial charge on any atom is -0.274 e. The van der Waals surface area contributed by atoms with E-state index < -0.39 is 0 Å². The van der Waals surface area contributed by atoms with Gasteiger partial charge < -0.3 is 0 Å². The first-order valence-electron chi connectivity index (χ1n) is 7.28. The fraction of sp³-hybridized carbons (Fsp3) is 0.333. The normalized spacial score (nSPS) is 31.4. The largest absolute Gasteiger partial charge is 0.274 e. The zero-order valence-corrected chi connectivity index (χ0v) is 12.2. The number of carbonyl (C=O) groups excluding carboxylic acids is 2. The van der Waals surface area contributed by atoms with Crippen molar-refractivity contribution in [2.75, 3.05) is 4.90 Å².